The van der Waals surface area contributed by atoms with E-state index in [1.807, 2.05) is 20.2 Å². The van der Waals surface area contributed by atoms with E-state index in [1.165, 1.54) is 18.4 Å². The molecule has 0 atom stereocenters. The van der Waals surface area contributed by atoms with Crippen LogP contribution in [0.25, 0.3) is 0 Å². The van der Waals surface area contributed by atoms with Crippen LogP contribution < -0.4 is 10.6 Å². The second-order valence-corrected chi connectivity index (χ2v) is 5.59. The van der Waals surface area contributed by atoms with Gasteiger partial charge in [-0.3, -0.25) is 4.68 Å². The molecule has 0 aliphatic carbocycles. The lowest BCUT2D eigenvalue weighted by atomic mass is 10.1. The molecular weight excluding hydrogens is 280 g/mol. The fraction of sp³-hybridized carbons (Fsp3) is 0.375. The molecule has 0 unspecified atom stereocenters. The Morgan fingerprint density at radius 1 is 1.24 bits per heavy atom. The van der Waals surface area contributed by atoms with Crippen LogP contribution in [0, 0.1) is 6.92 Å². The molecule has 2 aromatic rings. The first-order chi connectivity index (χ1) is 10.1. The number of hydrogen-bond acceptors (Lipinski definition) is 2. The molecular formula is C16H22N4S. The van der Waals surface area contributed by atoms with Gasteiger partial charge in [-0.2, -0.15) is 5.10 Å². The topological polar surface area (TPSA) is 41.9 Å². The molecule has 1 aromatic heterocycles. The predicted molar refractivity (Wildman–Crippen MR) is 92.8 cm³/mol. The van der Waals surface area contributed by atoms with Crippen molar-refractivity contribution in [3.8, 4) is 0 Å². The average molecular weight is 302 g/mol. The van der Waals surface area contributed by atoms with Crippen molar-refractivity contribution in [1.82, 2.24) is 9.78 Å². The van der Waals surface area contributed by atoms with Gasteiger partial charge in [-0.1, -0.05) is 25.5 Å². The lowest BCUT2D eigenvalue weighted by Gasteiger charge is -2.10. The lowest BCUT2D eigenvalue weighted by Crippen LogP contribution is -2.19. The summed E-state index contributed by atoms with van der Waals surface area (Å²) in [6, 6.07) is 8.43. The smallest absolute Gasteiger partial charge is 0.175 e. The van der Waals surface area contributed by atoms with E-state index in [9.17, 15) is 0 Å². The molecule has 0 aliphatic heterocycles. The van der Waals surface area contributed by atoms with E-state index in [4.69, 9.17) is 12.2 Å². The van der Waals surface area contributed by atoms with Gasteiger partial charge in [0.25, 0.3) is 0 Å². The Balaban J connectivity index is 1.91. The number of benzene rings is 1. The quantitative estimate of drug-likeness (QED) is 0.823. The van der Waals surface area contributed by atoms with Crippen molar-refractivity contribution in [2.75, 3.05) is 10.6 Å². The van der Waals surface area contributed by atoms with Gasteiger partial charge in [-0.05, 0) is 49.7 Å². The van der Waals surface area contributed by atoms with Gasteiger partial charge >= 0.3 is 0 Å². The van der Waals surface area contributed by atoms with Crippen molar-refractivity contribution in [1.29, 1.82) is 0 Å². The maximum Gasteiger partial charge on any atom is 0.175 e. The SMILES string of the molecule is CCCCc1ccc(NC(=S)Nc2cn(C)nc2C)cc1. The minimum Gasteiger partial charge on any atom is -0.332 e. The molecule has 4 nitrogen and oxygen atoms in total. The number of rotatable bonds is 5. The van der Waals surface area contributed by atoms with E-state index in [1.54, 1.807) is 4.68 Å². The fourth-order valence-corrected chi connectivity index (χ4v) is 2.37. The Kier molecular flexibility index (Phi) is 5.33. The molecule has 21 heavy (non-hydrogen) atoms. The van der Waals surface area contributed by atoms with E-state index < -0.39 is 0 Å². The van der Waals surface area contributed by atoms with Crippen molar-refractivity contribution < 1.29 is 0 Å². The third-order valence-electron chi connectivity index (χ3n) is 3.29. The summed E-state index contributed by atoms with van der Waals surface area (Å²) in [5.74, 6) is 0. The molecule has 0 bridgehead atoms. The van der Waals surface area contributed by atoms with Gasteiger partial charge in [0.15, 0.2) is 5.11 Å². The first-order valence-corrected chi connectivity index (χ1v) is 7.66. The van der Waals surface area contributed by atoms with E-state index in [2.05, 4.69) is 46.9 Å². The molecule has 2 N–H and O–H groups in total. The monoisotopic (exact) mass is 302 g/mol. The highest BCUT2D eigenvalue weighted by Gasteiger charge is 2.05. The molecule has 112 valence electrons. The largest absolute Gasteiger partial charge is 0.332 e. The highest BCUT2D eigenvalue weighted by Crippen LogP contribution is 2.14. The third-order valence-corrected chi connectivity index (χ3v) is 3.50. The first-order valence-electron chi connectivity index (χ1n) is 7.25. The second-order valence-electron chi connectivity index (χ2n) is 5.18. The van der Waals surface area contributed by atoms with Crippen LogP contribution >= 0.6 is 12.2 Å². The van der Waals surface area contributed by atoms with Crippen LogP contribution in [0.1, 0.15) is 31.0 Å². The van der Waals surface area contributed by atoms with Crippen molar-refractivity contribution in [2.24, 2.45) is 7.05 Å². The van der Waals surface area contributed by atoms with Gasteiger partial charge in [0, 0.05) is 18.9 Å². The Labute approximate surface area is 131 Å². The predicted octanol–water partition coefficient (Wildman–Crippen LogP) is 3.88. The fourth-order valence-electron chi connectivity index (χ4n) is 2.14. The number of nitrogens with one attached hydrogen (secondary N) is 2. The van der Waals surface area contributed by atoms with Crippen molar-refractivity contribution in [3.63, 3.8) is 0 Å². The standard InChI is InChI=1S/C16H22N4S/c1-4-5-6-13-7-9-14(10-8-13)17-16(21)18-15-11-20(3)19-12(15)2/h7-11H,4-6H2,1-3H3,(H2,17,18,21). The van der Waals surface area contributed by atoms with Gasteiger partial charge < -0.3 is 10.6 Å². The van der Waals surface area contributed by atoms with Gasteiger partial charge in [-0.15, -0.1) is 0 Å². The van der Waals surface area contributed by atoms with Crippen LogP contribution in [0.15, 0.2) is 30.5 Å². The summed E-state index contributed by atoms with van der Waals surface area (Å²) in [6.07, 6.45) is 5.50. The minimum atomic E-state index is 0.576. The zero-order valence-electron chi connectivity index (χ0n) is 12.8. The van der Waals surface area contributed by atoms with E-state index in [-0.39, 0.29) is 0 Å². The highest BCUT2D eigenvalue weighted by atomic mass is 32.1. The van der Waals surface area contributed by atoms with E-state index in [0.29, 0.717) is 5.11 Å². The maximum absolute atomic E-state index is 5.33. The van der Waals surface area contributed by atoms with E-state index >= 15 is 0 Å². The summed E-state index contributed by atoms with van der Waals surface area (Å²) in [5, 5.41) is 11.2. The molecule has 1 heterocycles. The van der Waals surface area contributed by atoms with Crippen LogP contribution in [-0.2, 0) is 13.5 Å². The van der Waals surface area contributed by atoms with Gasteiger partial charge in [0.2, 0.25) is 0 Å². The van der Waals surface area contributed by atoms with Crippen molar-refractivity contribution >= 4 is 28.7 Å². The molecule has 0 aliphatic rings. The van der Waals surface area contributed by atoms with Gasteiger partial charge in [-0.25, -0.2) is 0 Å². The summed E-state index contributed by atoms with van der Waals surface area (Å²) in [6.45, 7) is 4.16. The third kappa shape index (κ3) is 4.56. The summed E-state index contributed by atoms with van der Waals surface area (Å²) >= 11 is 5.33. The maximum atomic E-state index is 5.33. The Hall–Kier alpha value is -1.88. The molecule has 0 radical (unpaired) electrons. The Morgan fingerprint density at radius 3 is 2.52 bits per heavy atom. The van der Waals surface area contributed by atoms with Crippen LogP contribution in [-0.4, -0.2) is 14.9 Å². The highest BCUT2D eigenvalue weighted by molar-refractivity contribution is 7.80. The number of aryl methyl sites for hydroxylation is 3. The molecule has 5 heteroatoms. The summed E-state index contributed by atoms with van der Waals surface area (Å²) < 4.78 is 1.77. The minimum absolute atomic E-state index is 0.576. The van der Waals surface area contributed by atoms with Gasteiger partial charge in [0.05, 0.1) is 11.4 Å². The molecule has 0 saturated heterocycles. The van der Waals surface area contributed by atoms with Crippen LogP contribution in [0.3, 0.4) is 0 Å². The molecule has 0 fully saturated rings. The van der Waals surface area contributed by atoms with Crippen LogP contribution in [0.4, 0.5) is 11.4 Å². The molecule has 0 amide bonds. The summed E-state index contributed by atoms with van der Waals surface area (Å²) in [5.41, 5.74) is 4.21. The van der Waals surface area contributed by atoms with Crippen LogP contribution in [0.2, 0.25) is 0 Å². The first kappa shape index (κ1) is 15.5. The zero-order chi connectivity index (χ0) is 15.2. The number of unbranched alkanes of at least 4 members (excludes halogenated alkanes) is 1. The lowest BCUT2D eigenvalue weighted by molar-refractivity contribution is 0.756. The number of thiocarbonyl (C=S) groups is 1. The molecule has 0 spiro atoms. The average Bonchev–Trinajstić information content (AvgIpc) is 2.76. The second kappa shape index (κ2) is 7.22. The normalized spacial score (nSPS) is 10.4. The number of nitrogens with zero attached hydrogens (tertiary/aromatic N) is 2. The number of hydrogen-bond donors (Lipinski definition) is 2. The molecule has 1 aromatic carbocycles. The molecule has 0 saturated carbocycles. The molecule has 2 rings (SSSR count). The zero-order valence-corrected chi connectivity index (χ0v) is 13.6. The van der Waals surface area contributed by atoms with E-state index in [0.717, 1.165) is 23.5 Å². The van der Waals surface area contributed by atoms with Crippen molar-refractivity contribution in [3.05, 3.63) is 41.7 Å². The summed E-state index contributed by atoms with van der Waals surface area (Å²) in [7, 11) is 1.89. The van der Waals surface area contributed by atoms with Gasteiger partial charge in [0.1, 0.15) is 0 Å². The number of anilines is 2. The van der Waals surface area contributed by atoms with Crippen molar-refractivity contribution in [2.45, 2.75) is 33.1 Å². The number of aromatic nitrogens is 2. The Bertz CT molecular complexity index is 601. The Morgan fingerprint density at radius 2 is 1.95 bits per heavy atom. The van der Waals surface area contributed by atoms with Crippen LogP contribution in [0.5, 0.6) is 0 Å². The summed E-state index contributed by atoms with van der Waals surface area (Å²) in [4.78, 5) is 0.